The Morgan fingerprint density at radius 1 is 1.05 bits per heavy atom. The second-order valence-electron chi connectivity index (χ2n) is 6.00. The van der Waals surface area contributed by atoms with Crippen LogP contribution in [0, 0.1) is 13.8 Å². The van der Waals surface area contributed by atoms with Crippen molar-refractivity contribution >= 4 is 23.1 Å². The fourth-order valence-electron chi connectivity index (χ4n) is 1.79. The smallest absolute Gasteiger partial charge is 0.138 e. The maximum atomic E-state index is 6.24. The number of halogens is 1. The summed E-state index contributed by atoms with van der Waals surface area (Å²) in [4.78, 5) is 9.02. The van der Waals surface area contributed by atoms with Gasteiger partial charge in [0.2, 0.25) is 0 Å². The Morgan fingerprint density at radius 3 is 2.30 bits per heavy atom. The van der Waals surface area contributed by atoms with E-state index >= 15 is 0 Å². The normalized spacial score (nSPS) is 11.5. The van der Waals surface area contributed by atoms with Gasteiger partial charge in [-0.1, -0.05) is 50.6 Å². The molecule has 4 heteroatoms. The summed E-state index contributed by atoms with van der Waals surface area (Å²) >= 11 is 6.24. The number of aryl methyl sites for hydroxylation is 1. The van der Waals surface area contributed by atoms with Gasteiger partial charge in [-0.15, -0.1) is 0 Å². The third kappa shape index (κ3) is 3.10. The third-order valence-electron chi connectivity index (χ3n) is 3.16. The lowest BCUT2D eigenvalue weighted by molar-refractivity contribution is 0.545. The van der Waals surface area contributed by atoms with Crippen LogP contribution < -0.4 is 5.32 Å². The molecule has 20 heavy (non-hydrogen) atoms. The molecular formula is C16H20ClN3. The highest BCUT2D eigenvalue weighted by Gasteiger charge is 2.20. The van der Waals surface area contributed by atoms with Gasteiger partial charge in [0, 0.05) is 16.7 Å². The van der Waals surface area contributed by atoms with Crippen molar-refractivity contribution in [2.24, 2.45) is 0 Å². The van der Waals surface area contributed by atoms with Crippen LogP contribution in [0.25, 0.3) is 0 Å². The molecule has 0 spiro atoms. The van der Waals surface area contributed by atoms with Crippen molar-refractivity contribution < 1.29 is 0 Å². The summed E-state index contributed by atoms with van der Waals surface area (Å²) in [6.45, 7) is 10.2. The van der Waals surface area contributed by atoms with E-state index in [0.717, 1.165) is 22.9 Å². The standard InChI is InChI=1S/C16H20ClN3/c1-10-8-6-7-9-12(10)18-14-11(2)13(17)19-15(20-14)16(3,4)5/h6-9H,1-5H3,(H,18,19,20). The monoisotopic (exact) mass is 289 g/mol. The summed E-state index contributed by atoms with van der Waals surface area (Å²) in [7, 11) is 0. The van der Waals surface area contributed by atoms with E-state index in [2.05, 4.69) is 49.0 Å². The number of benzene rings is 1. The molecule has 0 aliphatic rings. The van der Waals surface area contributed by atoms with Crippen molar-refractivity contribution in [1.29, 1.82) is 0 Å². The Bertz CT molecular complexity index is 630. The molecule has 0 saturated carbocycles. The van der Waals surface area contributed by atoms with Crippen molar-refractivity contribution in [1.82, 2.24) is 9.97 Å². The first-order chi connectivity index (χ1) is 9.29. The minimum absolute atomic E-state index is 0.139. The Kier molecular flexibility index (Phi) is 4.00. The van der Waals surface area contributed by atoms with Crippen molar-refractivity contribution in [3.63, 3.8) is 0 Å². The molecule has 1 aromatic carbocycles. The molecule has 1 N–H and O–H groups in total. The number of nitrogens with one attached hydrogen (secondary N) is 1. The van der Waals surface area contributed by atoms with E-state index in [9.17, 15) is 0 Å². The van der Waals surface area contributed by atoms with E-state index in [1.54, 1.807) is 0 Å². The van der Waals surface area contributed by atoms with Gasteiger partial charge in [-0.25, -0.2) is 9.97 Å². The molecule has 1 heterocycles. The average molecular weight is 290 g/mol. The molecule has 0 fully saturated rings. The van der Waals surface area contributed by atoms with E-state index in [4.69, 9.17) is 11.6 Å². The first-order valence-electron chi connectivity index (χ1n) is 6.66. The van der Waals surface area contributed by atoms with Gasteiger partial charge in [0.1, 0.15) is 16.8 Å². The molecule has 0 amide bonds. The Labute approximate surface area is 125 Å². The third-order valence-corrected chi connectivity index (χ3v) is 3.52. The van der Waals surface area contributed by atoms with Crippen LogP contribution in [0.4, 0.5) is 11.5 Å². The average Bonchev–Trinajstić information content (AvgIpc) is 2.36. The van der Waals surface area contributed by atoms with Crippen LogP contribution in [0.5, 0.6) is 0 Å². The van der Waals surface area contributed by atoms with Crippen LogP contribution in [0.2, 0.25) is 5.15 Å². The fourth-order valence-corrected chi connectivity index (χ4v) is 1.96. The highest BCUT2D eigenvalue weighted by atomic mass is 35.5. The predicted octanol–water partition coefficient (Wildman–Crippen LogP) is 4.79. The molecule has 0 bridgehead atoms. The summed E-state index contributed by atoms with van der Waals surface area (Å²) in [6, 6.07) is 8.10. The summed E-state index contributed by atoms with van der Waals surface area (Å²) < 4.78 is 0. The van der Waals surface area contributed by atoms with Gasteiger partial charge >= 0.3 is 0 Å². The second-order valence-corrected chi connectivity index (χ2v) is 6.36. The van der Waals surface area contributed by atoms with Gasteiger partial charge < -0.3 is 5.32 Å². The van der Waals surface area contributed by atoms with Gasteiger partial charge in [0.25, 0.3) is 0 Å². The predicted molar refractivity (Wildman–Crippen MR) is 84.9 cm³/mol. The van der Waals surface area contributed by atoms with Crippen LogP contribution >= 0.6 is 11.6 Å². The molecule has 1 aromatic heterocycles. The maximum absolute atomic E-state index is 6.24. The van der Waals surface area contributed by atoms with Crippen LogP contribution in [-0.4, -0.2) is 9.97 Å². The Balaban J connectivity index is 2.46. The Hall–Kier alpha value is -1.61. The summed E-state index contributed by atoms with van der Waals surface area (Å²) in [5, 5.41) is 3.86. The number of anilines is 2. The largest absolute Gasteiger partial charge is 0.340 e. The maximum Gasteiger partial charge on any atom is 0.138 e. The molecule has 0 atom stereocenters. The molecule has 2 rings (SSSR count). The van der Waals surface area contributed by atoms with Gasteiger partial charge in [-0.05, 0) is 25.5 Å². The number of hydrogen-bond acceptors (Lipinski definition) is 3. The quantitative estimate of drug-likeness (QED) is 0.808. The Morgan fingerprint density at radius 2 is 1.70 bits per heavy atom. The zero-order valence-corrected chi connectivity index (χ0v) is 13.3. The first-order valence-corrected chi connectivity index (χ1v) is 7.04. The van der Waals surface area contributed by atoms with E-state index in [1.165, 1.54) is 5.56 Å². The SMILES string of the molecule is Cc1ccccc1Nc1nc(C(C)(C)C)nc(Cl)c1C. The zero-order valence-electron chi connectivity index (χ0n) is 12.6. The van der Waals surface area contributed by atoms with Gasteiger partial charge in [-0.3, -0.25) is 0 Å². The van der Waals surface area contributed by atoms with Crippen LogP contribution in [0.1, 0.15) is 37.7 Å². The number of para-hydroxylation sites is 1. The molecule has 0 saturated heterocycles. The minimum atomic E-state index is -0.139. The summed E-state index contributed by atoms with van der Waals surface area (Å²) in [5.41, 5.74) is 2.92. The molecule has 0 unspecified atom stereocenters. The number of aromatic nitrogens is 2. The number of nitrogens with zero attached hydrogens (tertiary/aromatic N) is 2. The summed E-state index contributed by atoms with van der Waals surface area (Å²) in [5.74, 6) is 1.51. The highest BCUT2D eigenvalue weighted by molar-refractivity contribution is 6.30. The molecule has 0 radical (unpaired) electrons. The summed E-state index contributed by atoms with van der Waals surface area (Å²) in [6.07, 6.45) is 0. The lowest BCUT2D eigenvalue weighted by Gasteiger charge is -2.20. The minimum Gasteiger partial charge on any atom is -0.340 e. The number of hydrogen-bond donors (Lipinski definition) is 1. The van der Waals surface area contributed by atoms with E-state index in [0.29, 0.717) is 5.15 Å². The fraction of sp³-hybridized carbons (Fsp3) is 0.375. The molecular weight excluding hydrogens is 270 g/mol. The molecule has 3 nitrogen and oxygen atoms in total. The van der Waals surface area contributed by atoms with Crippen molar-refractivity contribution in [2.45, 2.75) is 40.0 Å². The van der Waals surface area contributed by atoms with Gasteiger partial charge in [-0.2, -0.15) is 0 Å². The topological polar surface area (TPSA) is 37.8 Å². The van der Waals surface area contributed by atoms with Gasteiger partial charge in [0.15, 0.2) is 0 Å². The highest BCUT2D eigenvalue weighted by Crippen LogP contribution is 2.28. The first kappa shape index (κ1) is 14.8. The second kappa shape index (κ2) is 5.41. The van der Waals surface area contributed by atoms with E-state index in [1.807, 2.05) is 25.1 Å². The molecule has 0 aliphatic heterocycles. The lowest BCUT2D eigenvalue weighted by Crippen LogP contribution is -2.17. The van der Waals surface area contributed by atoms with Gasteiger partial charge in [0.05, 0.1) is 0 Å². The molecule has 106 valence electrons. The molecule has 2 aromatic rings. The zero-order chi connectivity index (χ0) is 14.9. The van der Waals surface area contributed by atoms with E-state index < -0.39 is 0 Å². The van der Waals surface area contributed by atoms with Crippen molar-refractivity contribution in [3.05, 3.63) is 46.4 Å². The van der Waals surface area contributed by atoms with Crippen molar-refractivity contribution in [2.75, 3.05) is 5.32 Å². The lowest BCUT2D eigenvalue weighted by atomic mass is 9.95. The van der Waals surface area contributed by atoms with Crippen molar-refractivity contribution in [3.8, 4) is 0 Å². The van der Waals surface area contributed by atoms with Crippen LogP contribution in [-0.2, 0) is 5.41 Å². The number of rotatable bonds is 2. The molecule has 0 aliphatic carbocycles. The van der Waals surface area contributed by atoms with Crippen LogP contribution in [0.3, 0.4) is 0 Å². The van der Waals surface area contributed by atoms with Crippen LogP contribution in [0.15, 0.2) is 24.3 Å². The van der Waals surface area contributed by atoms with E-state index in [-0.39, 0.29) is 5.41 Å².